The molecule has 21 heavy (non-hydrogen) atoms. The van der Waals surface area contributed by atoms with Gasteiger partial charge in [-0.1, -0.05) is 24.3 Å². The number of nitrogens with one attached hydrogen (secondary N) is 2. The van der Waals surface area contributed by atoms with Crippen molar-refractivity contribution in [3.8, 4) is 5.75 Å². The molecule has 0 bridgehead atoms. The molecule has 2 amide bonds. The first-order valence-electron chi connectivity index (χ1n) is 6.01. The van der Waals surface area contributed by atoms with Crippen LogP contribution in [0.4, 0.5) is 10.6 Å². The number of anilines is 1. The topological polar surface area (TPSA) is 80.3 Å². The first-order chi connectivity index (χ1) is 10.1. The van der Waals surface area contributed by atoms with Crippen molar-refractivity contribution >= 4 is 31.0 Å². The Morgan fingerprint density at radius 1 is 1.19 bits per heavy atom. The van der Waals surface area contributed by atoms with Gasteiger partial charge in [-0.15, -0.1) is 11.6 Å². The molecular weight excluding hydrogens is 313 g/mol. The lowest BCUT2D eigenvalue weighted by atomic mass is 10.3. The number of pyridine rings is 1. The highest BCUT2D eigenvalue weighted by Gasteiger charge is 2.26. The van der Waals surface area contributed by atoms with Gasteiger partial charge in [0.1, 0.15) is 17.2 Å². The van der Waals surface area contributed by atoms with Crippen molar-refractivity contribution in [3.63, 3.8) is 0 Å². The molecule has 0 spiro atoms. The van der Waals surface area contributed by atoms with Gasteiger partial charge in [-0.2, -0.15) is 0 Å². The number of para-hydroxylation sites is 1. The molecule has 2 rings (SSSR count). The van der Waals surface area contributed by atoms with Crippen molar-refractivity contribution in [3.05, 3.63) is 54.7 Å². The number of aromatic nitrogens is 1. The third-order valence-corrected chi connectivity index (χ3v) is 4.64. The molecule has 0 saturated heterocycles. The fraction of sp³-hybridized carbons (Fsp3) is 0.0769. The van der Waals surface area contributed by atoms with Gasteiger partial charge in [-0.25, -0.2) is 9.78 Å². The number of carbonyl (C=O) groups is 1. The van der Waals surface area contributed by atoms with Crippen LogP contribution in [0.25, 0.3) is 0 Å². The SMILES string of the molecule is O=C(Nc1ccccn1)NP(=O)(CCl)Oc1ccccc1. The van der Waals surface area contributed by atoms with Crippen LogP contribution in [-0.4, -0.2) is 16.6 Å². The summed E-state index contributed by atoms with van der Waals surface area (Å²) >= 11 is 5.66. The maximum Gasteiger partial charge on any atom is 0.359 e. The number of urea groups is 1. The molecule has 6 nitrogen and oxygen atoms in total. The molecular formula is C13H13ClN3O3P. The molecule has 1 aromatic heterocycles. The van der Waals surface area contributed by atoms with Gasteiger partial charge in [-0.3, -0.25) is 15.0 Å². The van der Waals surface area contributed by atoms with Crippen LogP contribution in [0.2, 0.25) is 0 Å². The number of amides is 2. The quantitative estimate of drug-likeness (QED) is 0.649. The first-order valence-corrected chi connectivity index (χ1v) is 8.36. The lowest BCUT2D eigenvalue weighted by Gasteiger charge is -2.18. The fourth-order valence-electron chi connectivity index (χ4n) is 1.46. The average molecular weight is 326 g/mol. The molecule has 0 aliphatic rings. The summed E-state index contributed by atoms with van der Waals surface area (Å²) in [5, 5.41) is 4.70. The van der Waals surface area contributed by atoms with Crippen molar-refractivity contribution < 1.29 is 13.9 Å². The average Bonchev–Trinajstić information content (AvgIpc) is 2.49. The maximum absolute atomic E-state index is 12.4. The summed E-state index contributed by atoms with van der Waals surface area (Å²) < 4.78 is 17.7. The van der Waals surface area contributed by atoms with Crippen LogP contribution < -0.4 is 14.9 Å². The molecule has 2 N–H and O–H groups in total. The standard InChI is InChI=1S/C13H13ClN3O3P/c14-10-21(19,20-11-6-2-1-3-7-11)17-13(18)16-12-8-4-5-9-15-12/h1-9H,10H2,(H2,15,16,17,18,19). The Labute approximate surface area is 127 Å². The zero-order valence-corrected chi connectivity index (χ0v) is 12.6. The van der Waals surface area contributed by atoms with Crippen LogP contribution in [0.3, 0.4) is 0 Å². The van der Waals surface area contributed by atoms with E-state index in [4.69, 9.17) is 16.1 Å². The molecule has 110 valence electrons. The third-order valence-electron chi connectivity index (χ3n) is 2.33. The number of nitrogens with zero attached hydrogens (tertiary/aromatic N) is 1. The summed E-state index contributed by atoms with van der Waals surface area (Å²) in [4.78, 5) is 15.7. The monoisotopic (exact) mass is 325 g/mol. The van der Waals surface area contributed by atoms with Crippen molar-refractivity contribution in [2.24, 2.45) is 0 Å². The largest absolute Gasteiger partial charge is 0.428 e. The first kappa shape index (κ1) is 15.4. The van der Waals surface area contributed by atoms with Gasteiger partial charge in [0.25, 0.3) is 0 Å². The molecule has 1 atom stereocenters. The smallest absolute Gasteiger partial charge is 0.359 e. The van der Waals surface area contributed by atoms with Gasteiger partial charge < -0.3 is 4.52 Å². The second-order valence-corrected chi connectivity index (χ2v) is 6.69. The van der Waals surface area contributed by atoms with Crippen LogP contribution in [-0.2, 0) is 4.57 Å². The van der Waals surface area contributed by atoms with Gasteiger partial charge in [-0.05, 0) is 24.3 Å². The van der Waals surface area contributed by atoms with Gasteiger partial charge in [0.05, 0.1) is 0 Å². The summed E-state index contributed by atoms with van der Waals surface area (Å²) in [5.41, 5.74) is -0.350. The Morgan fingerprint density at radius 3 is 2.52 bits per heavy atom. The lowest BCUT2D eigenvalue weighted by molar-refractivity contribution is 0.255. The number of hydrogen-bond acceptors (Lipinski definition) is 4. The van der Waals surface area contributed by atoms with Crippen LogP contribution in [0.15, 0.2) is 54.7 Å². The minimum absolute atomic E-state index is 0.329. The van der Waals surface area contributed by atoms with E-state index in [2.05, 4.69) is 15.4 Å². The molecule has 0 aliphatic heterocycles. The van der Waals surface area contributed by atoms with E-state index in [1.807, 2.05) is 0 Å². The molecule has 1 aromatic carbocycles. The Morgan fingerprint density at radius 2 is 1.90 bits per heavy atom. The molecule has 2 aromatic rings. The summed E-state index contributed by atoms with van der Waals surface area (Å²) in [7, 11) is -3.54. The molecule has 0 aliphatic carbocycles. The highest BCUT2D eigenvalue weighted by atomic mass is 35.5. The van der Waals surface area contributed by atoms with Crippen LogP contribution in [0.5, 0.6) is 5.75 Å². The van der Waals surface area contributed by atoms with Crippen molar-refractivity contribution in [2.45, 2.75) is 0 Å². The Kier molecular flexibility index (Phi) is 5.20. The number of hydrogen-bond donors (Lipinski definition) is 2. The van der Waals surface area contributed by atoms with Crippen molar-refractivity contribution in [2.75, 3.05) is 10.9 Å². The number of rotatable bonds is 5. The van der Waals surface area contributed by atoms with E-state index in [1.165, 1.54) is 6.20 Å². The maximum atomic E-state index is 12.4. The normalized spacial score (nSPS) is 13.0. The number of carbonyl (C=O) groups excluding carboxylic acids is 1. The van der Waals surface area contributed by atoms with E-state index in [0.29, 0.717) is 11.6 Å². The van der Waals surface area contributed by atoms with Gasteiger partial charge in [0.15, 0.2) is 0 Å². The van der Waals surface area contributed by atoms with Crippen LogP contribution in [0.1, 0.15) is 0 Å². The van der Waals surface area contributed by atoms with Gasteiger partial charge in [0.2, 0.25) is 0 Å². The Bertz CT molecular complexity index is 640. The Balaban J connectivity index is 2.01. The molecule has 1 heterocycles. The van der Waals surface area contributed by atoms with E-state index in [0.717, 1.165) is 0 Å². The van der Waals surface area contributed by atoms with E-state index in [9.17, 15) is 9.36 Å². The summed E-state index contributed by atoms with van der Waals surface area (Å²) in [5.74, 6) is 0.690. The summed E-state index contributed by atoms with van der Waals surface area (Å²) in [6.07, 6.45) is 1.53. The minimum Gasteiger partial charge on any atom is -0.428 e. The molecule has 8 heteroatoms. The van der Waals surface area contributed by atoms with Crippen molar-refractivity contribution in [1.29, 1.82) is 0 Å². The molecule has 1 unspecified atom stereocenters. The minimum atomic E-state index is -3.54. The summed E-state index contributed by atoms with van der Waals surface area (Å²) in [6.45, 7) is 0. The van der Waals surface area contributed by atoms with Gasteiger partial charge >= 0.3 is 13.6 Å². The van der Waals surface area contributed by atoms with Crippen LogP contribution >= 0.6 is 19.1 Å². The number of alkyl halides is 1. The highest BCUT2D eigenvalue weighted by molar-refractivity contribution is 7.59. The second-order valence-electron chi connectivity index (χ2n) is 3.98. The predicted molar refractivity (Wildman–Crippen MR) is 81.8 cm³/mol. The van der Waals surface area contributed by atoms with Crippen LogP contribution in [0, 0.1) is 0 Å². The van der Waals surface area contributed by atoms with Crippen molar-refractivity contribution in [1.82, 2.24) is 10.1 Å². The van der Waals surface area contributed by atoms with Gasteiger partial charge in [0, 0.05) is 6.20 Å². The highest BCUT2D eigenvalue weighted by Crippen LogP contribution is 2.43. The zero-order valence-electron chi connectivity index (χ0n) is 10.9. The Hall–Kier alpha value is -2.04. The van der Waals surface area contributed by atoms with E-state index in [-0.39, 0.29) is 5.62 Å². The summed E-state index contributed by atoms with van der Waals surface area (Å²) in [6, 6.07) is 12.8. The lowest BCUT2D eigenvalue weighted by Crippen LogP contribution is -2.28. The predicted octanol–water partition coefficient (Wildman–Crippen LogP) is 3.67. The molecule has 0 radical (unpaired) electrons. The third kappa shape index (κ3) is 4.77. The van der Waals surface area contributed by atoms with E-state index < -0.39 is 13.6 Å². The molecule has 0 saturated carbocycles. The van der Waals surface area contributed by atoms with E-state index in [1.54, 1.807) is 48.5 Å². The van der Waals surface area contributed by atoms with E-state index >= 15 is 0 Å². The fourth-order valence-corrected chi connectivity index (χ4v) is 2.77. The number of benzene rings is 1. The number of halogens is 1. The molecule has 0 fully saturated rings. The second kappa shape index (κ2) is 7.11. The zero-order chi connectivity index (χ0) is 15.1.